The van der Waals surface area contributed by atoms with Gasteiger partial charge >= 0.3 is 5.97 Å². The highest BCUT2D eigenvalue weighted by Crippen LogP contribution is 2.17. The third kappa shape index (κ3) is 3.92. The molecule has 1 rings (SSSR count). The highest BCUT2D eigenvalue weighted by atomic mass is 35.5. The second kappa shape index (κ2) is 5.76. The lowest BCUT2D eigenvalue weighted by atomic mass is 10.1. The Bertz CT molecular complexity index is 347. The SMILES string of the molecule is CCOC(=O)CCc1ccc(C)c(Cl)c1. The first-order valence-electron chi connectivity index (χ1n) is 5.04. The van der Waals surface area contributed by atoms with Gasteiger partial charge in [-0.15, -0.1) is 0 Å². The summed E-state index contributed by atoms with van der Waals surface area (Å²) in [7, 11) is 0. The molecule has 0 aliphatic heterocycles. The Morgan fingerprint density at radius 3 is 2.80 bits per heavy atom. The molecule has 0 amide bonds. The van der Waals surface area contributed by atoms with Crippen molar-refractivity contribution in [3.05, 3.63) is 34.3 Å². The van der Waals surface area contributed by atoms with Gasteiger partial charge in [-0.3, -0.25) is 4.79 Å². The molecule has 0 fully saturated rings. The first-order valence-corrected chi connectivity index (χ1v) is 5.42. The molecule has 2 nitrogen and oxygen atoms in total. The third-order valence-corrected chi connectivity index (χ3v) is 2.57. The van der Waals surface area contributed by atoms with E-state index in [2.05, 4.69) is 0 Å². The number of rotatable bonds is 4. The van der Waals surface area contributed by atoms with Crippen LogP contribution in [0.2, 0.25) is 5.02 Å². The van der Waals surface area contributed by atoms with Crippen LogP contribution in [-0.4, -0.2) is 12.6 Å². The van der Waals surface area contributed by atoms with Crippen LogP contribution in [0.1, 0.15) is 24.5 Å². The molecule has 0 unspecified atom stereocenters. The molecule has 0 aromatic heterocycles. The number of carbonyl (C=O) groups excluding carboxylic acids is 1. The van der Waals surface area contributed by atoms with Crippen molar-refractivity contribution in [1.29, 1.82) is 0 Å². The zero-order valence-corrected chi connectivity index (χ0v) is 9.80. The van der Waals surface area contributed by atoms with Crippen LogP contribution in [0, 0.1) is 6.92 Å². The van der Waals surface area contributed by atoms with Crippen LogP contribution >= 0.6 is 11.6 Å². The molecule has 15 heavy (non-hydrogen) atoms. The summed E-state index contributed by atoms with van der Waals surface area (Å²) in [6.45, 7) is 4.20. The quantitative estimate of drug-likeness (QED) is 0.738. The van der Waals surface area contributed by atoms with Crippen LogP contribution in [0.25, 0.3) is 0 Å². The van der Waals surface area contributed by atoms with Crippen LogP contribution in [0.3, 0.4) is 0 Å². The van der Waals surface area contributed by atoms with Crippen molar-refractivity contribution in [2.24, 2.45) is 0 Å². The average Bonchev–Trinajstić information content (AvgIpc) is 2.20. The van der Waals surface area contributed by atoms with Gasteiger partial charge in [0.05, 0.1) is 6.61 Å². The molecule has 1 aromatic rings. The Hall–Kier alpha value is -1.02. The first-order chi connectivity index (χ1) is 7.13. The van der Waals surface area contributed by atoms with Crippen molar-refractivity contribution >= 4 is 17.6 Å². The van der Waals surface area contributed by atoms with Crippen LogP contribution in [0.15, 0.2) is 18.2 Å². The maximum atomic E-state index is 11.1. The van der Waals surface area contributed by atoms with Crippen molar-refractivity contribution in [2.75, 3.05) is 6.61 Å². The minimum Gasteiger partial charge on any atom is -0.466 e. The highest BCUT2D eigenvalue weighted by Gasteiger charge is 2.03. The number of halogens is 1. The predicted molar refractivity (Wildman–Crippen MR) is 61.1 cm³/mol. The Morgan fingerprint density at radius 1 is 1.47 bits per heavy atom. The van der Waals surface area contributed by atoms with E-state index in [1.54, 1.807) is 6.92 Å². The zero-order valence-electron chi connectivity index (χ0n) is 9.05. The van der Waals surface area contributed by atoms with E-state index in [-0.39, 0.29) is 5.97 Å². The van der Waals surface area contributed by atoms with Crippen LogP contribution in [0.5, 0.6) is 0 Å². The minimum absolute atomic E-state index is 0.158. The molecule has 0 saturated carbocycles. The Morgan fingerprint density at radius 2 is 2.20 bits per heavy atom. The molecule has 0 atom stereocenters. The zero-order chi connectivity index (χ0) is 11.3. The maximum Gasteiger partial charge on any atom is 0.306 e. The number of ether oxygens (including phenoxy) is 1. The fourth-order valence-corrected chi connectivity index (χ4v) is 1.47. The van der Waals surface area contributed by atoms with Gasteiger partial charge in [0, 0.05) is 11.4 Å². The highest BCUT2D eigenvalue weighted by molar-refractivity contribution is 6.31. The van der Waals surface area contributed by atoms with Gasteiger partial charge in [0.2, 0.25) is 0 Å². The summed E-state index contributed by atoms with van der Waals surface area (Å²) in [6.07, 6.45) is 1.09. The molecular weight excluding hydrogens is 212 g/mol. The molecule has 0 N–H and O–H groups in total. The summed E-state index contributed by atoms with van der Waals surface area (Å²) in [6, 6.07) is 5.85. The predicted octanol–water partition coefficient (Wildman–Crippen LogP) is 3.14. The van der Waals surface area contributed by atoms with Crippen molar-refractivity contribution in [1.82, 2.24) is 0 Å². The van der Waals surface area contributed by atoms with Crippen molar-refractivity contribution in [3.8, 4) is 0 Å². The van der Waals surface area contributed by atoms with Gasteiger partial charge in [0.25, 0.3) is 0 Å². The summed E-state index contributed by atoms with van der Waals surface area (Å²) in [5, 5.41) is 0.747. The Labute approximate surface area is 95.2 Å². The number of aryl methyl sites for hydroxylation is 2. The molecule has 0 saturated heterocycles. The van der Waals surface area contributed by atoms with Gasteiger partial charge in [-0.05, 0) is 37.5 Å². The fraction of sp³-hybridized carbons (Fsp3) is 0.417. The molecule has 0 heterocycles. The smallest absolute Gasteiger partial charge is 0.306 e. The van der Waals surface area contributed by atoms with E-state index in [0.717, 1.165) is 16.1 Å². The van der Waals surface area contributed by atoms with E-state index in [0.29, 0.717) is 19.4 Å². The van der Waals surface area contributed by atoms with Crippen LogP contribution in [0.4, 0.5) is 0 Å². The van der Waals surface area contributed by atoms with E-state index in [4.69, 9.17) is 16.3 Å². The minimum atomic E-state index is -0.158. The van der Waals surface area contributed by atoms with Gasteiger partial charge in [0.1, 0.15) is 0 Å². The van der Waals surface area contributed by atoms with Gasteiger partial charge in [0.15, 0.2) is 0 Å². The summed E-state index contributed by atoms with van der Waals surface area (Å²) in [5.74, 6) is -0.158. The van der Waals surface area contributed by atoms with Crippen LogP contribution in [-0.2, 0) is 16.0 Å². The maximum absolute atomic E-state index is 11.1. The Kier molecular flexibility index (Phi) is 4.63. The topological polar surface area (TPSA) is 26.3 Å². The summed E-state index contributed by atoms with van der Waals surface area (Å²) >= 11 is 5.97. The average molecular weight is 227 g/mol. The van der Waals surface area contributed by atoms with E-state index in [1.165, 1.54) is 0 Å². The van der Waals surface area contributed by atoms with E-state index >= 15 is 0 Å². The number of esters is 1. The normalized spacial score (nSPS) is 10.1. The molecule has 0 bridgehead atoms. The monoisotopic (exact) mass is 226 g/mol. The summed E-state index contributed by atoms with van der Waals surface area (Å²) < 4.78 is 4.85. The van der Waals surface area contributed by atoms with E-state index in [1.807, 2.05) is 25.1 Å². The molecule has 1 aromatic carbocycles. The largest absolute Gasteiger partial charge is 0.466 e. The second-order valence-corrected chi connectivity index (χ2v) is 3.80. The lowest BCUT2D eigenvalue weighted by Gasteiger charge is -2.04. The lowest BCUT2D eigenvalue weighted by Crippen LogP contribution is -2.05. The van der Waals surface area contributed by atoms with Gasteiger partial charge in [-0.1, -0.05) is 23.7 Å². The molecular formula is C12H15ClO2. The molecule has 82 valence electrons. The van der Waals surface area contributed by atoms with Crippen molar-refractivity contribution in [2.45, 2.75) is 26.7 Å². The first kappa shape index (κ1) is 12.1. The van der Waals surface area contributed by atoms with Gasteiger partial charge in [-0.25, -0.2) is 0 Å². The summed E-state index contributed by atoms with van der Waals surface area (Å²) in [5.41, 5.74) is 2.12. The molecule has 0 radical (unpaired) electrons. The molecule has 0 aliphatic rings. The number of benzene rings is 1. The number of hydrogen-bond donors (Lipinski definition) is 0. The lowest BCUT2D eigenvalue weighted by molar-refractivity contribution is -0.143. The number of carbonyl (C=O) groups is 1. The fourth-order valence-electron chi connectivity index (χ4n) is 1.27. The second-order valence-electron chi connectivity index (χ2n) is 3.39. The van der Waals surface area contributed by atoms with Crippen LogP contribution < -0.4 is 0 Å². The standard InChI is InChI=1S/C12H15ClO2/c1-3-15-12(14)7-6-10-5-4-9(2)11(13)8-10/h4-5,8H,3,6-7H2,1-2H3. The van der Waals surface area contributed by atoms with Crippen molar-refractivity contribution in [3.63, 3.8) is 0 Å². The van der Waals surface area contributed by atoms with E-state index < -0.39 is 0 Å². The Balaban J connectivity index is 2.51. The molecule has 0 aliphatic carbocycles. The summed E-state index contributed by atoms with van der Waals surface area (Å²) in [4.78, 5) is 11.1. The number of hydrogen-bond acceptors (Lipinski definition) is 2. The van der Waals surface area contributed by atoms with Crippen molar-refractivity contribution < 1.29 is 9.53 Å². The van der Waals surface area contributed by atoms with E-state index in [9.17, 15) is 4.79 Å². The molecule has 0 spiro atoms. The third-order valence-electron chi connectivity index (χ3n) is 2.16. The van der Waals surface area contributed by atoms with Gasteiger partial charge < -0.3 is 4.74 Å². The molecule has 3 heteroatoms. The van der Waals surface area contributed by atoms with Gasteiger partial charge in [-0.2, -0.15) is 0 Å².